The Hall–Kier alpha value is -1.36. The molecule has 16 heavy (non-hydrogen) atoms. The normalized spacial score (nSPS) is 10.5. The molecule has 0 saturated heterocycles. The van der Waals surface area contributed by atoms with Gasteiger partial charge in [-0.05, 0) is 28.1 Å². The molecule has 2 rings (SSSR count). The highest BCUT2D eigenvalue weighted by atomic mass is 79.9. The summed E-state index contributed by atoms with van der Waals surface area (Å²) in [6.45, 7) is 0. The van der Waals surface area contributed by atoms with Crippen molar-refractivity contribution in [2.45, 2.75) is 0 Å². The summed E-state index contributed by atoms with van der Waals surface area (Å²) in [6.07, 6.45) is 1.86. The van der Waals surface area contributed by atoms with E-state index in [0.29, 0.717) is 0 Å². The van der Waals surface area contributed by atoms with Crippen LogP contribution in [0.4, 0.5) is 5.69 Å². The predicted octanol–water partition coefficient (Wildman–Crippen LogP) is 2.31. The number of aromatic nitrogens is 3. The number of pyridine rings is 1. The van der Waals surface area contributed by atoms with E-state index < -0.39 is 0 Å². The number of aryl methyl sites for hydroxylation is 1. The second-order valence-corrected chi connectivity index (χ2v) is 4.58. The third-order valence-electron chi connectivity index (χ3n) is 2.38. The SMILES string of the molecule is CN(C)c1ccc(-c2cc(Br)nn2C)nc1. The first-order chi connectivity index (χ1) is 7.58. The van der Waals surface area contributed by atoms with Gasteiger partial charge in [0.15, 0.2) is 0 Å². The molecule has 0 aliphatic carbocycles. The average Bonchev–Trinajstić information content (AvgIpc) is 2.58. The Morgan fingerprint density at radius 3 is 2.50 bits per heavy atom. The smallest absolute Gasteiger partial charge is 0.128 e. The van der Waals surface area contributed by atoms with E-state index in [-0.39, 0.29) is 0 Å². The van der Waals surface area contributed by atoms with Crippen molar-refractivity contribution in [1.82, 2.24) is 14.8 Å². The van der Waals surface area contributed by atoms with Crippen molar-refractivity contribution in [2.75, 3.05) is 19.0 Å². The summed E-state index contributed by atoms with van der Waals surface area (Å²) < 4.78 is 2.63. The van der Waals surface area contributed by atoms with Gasteiger partial charge in [0.1, 0.15) is 4.60 Å². The fourth-order valence-corrected chi connectivity index (χ4v) is 1.93. The minimum Gasteiger partial charge on any atom is -0.376 e. The van der Waals surface area contributed by atoms with E-state index in [1.165, 1.54) is 0 Å². The third-order valence-corrected chi connectivity index (χ3v) is 2.76. The first-order valence-electron chi connectivity index (χ1n) is 4.91. The Morgan fingerprint density at radius 2 is 2.06 bits per heavy atom. The molecule has 0 unspecified atom stereocenters. The standard InChI is InChI=1S/C11H13BrN4/c1-15(2)8-4-5-9(13-7-8)10-6-11(12)14-16(10)3/h4-7H,1-3H3. The van der Waals surface area contributed by atoms with E-state index in [1.807, 2.05) is 55.1 Å². The van der Waals surface area contributed by atoms with Crippen LogP contribution in [0, 0.1) is 0 Å². The third kappa shape index (κ3) is 2.09. The zero-order valence-electron chi connectivity index (χ0n) is 9.48. The Morgan fingerprint density at radius 1 is 1.31 bits per heavy atom. The van der Waals surface area contributed by atoms with Crippen molar-refractivity contribution in [1.29, 1.82) is 0 Å². The van der Waals surface area contributed by atoms with Crippen LogP contribution in [-0.4, -0.2) is 28.9 Å². The minimum atomic E-state index is 0.823. The predicted molar refractivity (Wildman–Crippen MR) is 68.5 cm³/mol. The summed E-state index contributed by atoms with van der Waals surface area (Å²) in [6, 6.07) is 6.00. The molecule has 4 nitrogen and oxygen atoms in total. The first-order valence-corrected chi connectivity index (χ1v) is 5.70. The molecule has 0 atom stereocenters. The van der Waals surface area contributed by atoms with Gasteiger partial charge in [-0.25, -0.2) is 0 Å². The van der Waals surface area contributed by atoms with Crippen LogP contribution in [0.15, 0.2) is 29.0 Å². The summed E-state index contributed by atoms with van der Waals surface area (Å²) in [5.74, 6) is 0. The van der Waals surface area contributed by atoms with Gasteiger partial charge in [-0.15, -0.1) is 0 Å². The molecule has 0 radical (unpaired) electrons. The largest absolute Gasteiger partial charge is 0.376 e. The lowest BCUT2D eigenvalue weighted by Crippen LogP contribution is -2.08. The zero-order chi connectivity index (χ0) is 11.7. The van der Waals surface area contributed by atoms with Crippen LogP contribution in [0.25, 0.3) is 11.4 Å². The monoisotopic (exact) mass is 280 g/mol. The summed E-state index contributed by atoms with van der Waals surface area (Å²) in [5.41, 5.74) is 3.01. The van der Waals surface area contributed by atoms with Gasteiger partial charge in [0, 0.05) is 27.2 Å². The molecule has 0 fully saturated rings. The van der Waals surface area contributed by atoms with Gasteiger partial charge in [0.05, 0.1) is 23.3 Å². The molecule has 5 heteroatoms. The molecule has 0 aromatic carbocycles. The highest BCUT2D eigenvalue weighted by Crippen LogP contribution is 2.21. The lowest BCUT2D eigenvalue weighted by molar-refractivity contribution is 0.766. The molecule has 2 aromatic heterocycles. The molecule has 0 spiro atoms. The molecule has 0 bridgehead atoms. The van der Waals surface area contributed by atoms with Crippen molar-refractivity contribution >= 4 is 21.6 Å². The fraction of sp³-hybridized carbons (Fsp3) is 0.273. The zero-order valence-corrected chi connectivity index (χ0v) is 11.1. The van der Waals surface area contributed by atoms with Crippen molar-refractivity contribution in [3.05, 3.63) is 29.0 Å². The summed E-state index contributed by atoms with van der Waals surface area (Å²) in [4.78, 5) is 6.44. The number of hydrogen-bond donors (Lipinski definition) is 0. The molecule has 2 aromatic rings. The Balaban J connectivity index is 2.38. The average molecular weight is 281 g/mol. The van der Waals surface area contributed by atoms with Gasteiger partial charge in [0.2, 0.25) is 0 Å². The van der Waals surface area contributed by atoms with Crippen molar-refractivity contribution in [3.63, 3.8) is 0 Å². The van der Waals surface area contributed by atoms with Crippen LogP contribution >= 0.6 is 15.9 Å². The van der Waals surface area contributed by atoms with E-state index in [0.717, 1.165) is 21.7 Å². The van der Waals surface area contributed by atoms with E-state index in [1.54, 1.807) is 0 Å². The van der Waals surface area contributed by atoms with E-state index in [2.05, 4.69) is 26.0 Å². The number of nitrogens with zero attached hydrogens (tertiary/aromatic N) is 4. The quantitative estimate of drug-likeness (QED) is 0.847. The van der Waals surface area contributed by atoms with Gasteiger partial charge in [-0.2, -0.15) is 5.10 Å². The Bertz CT molecular complexity index is 487. The lowest BCUT2D eigenvalue weighted by atomic mass is 10.2. The van der Waals surface area contributed by atoms with Crippen LogP contribution < -0.4 is 4.90 Å². The van der Waals surface area contributed by atoms with Crippen LogP contribution in [0.5, 0.6) is 0 Å². The van der Waals surface area contributed by atoms with Gasteiger partial charge in [-0.1, -0.05) is 0 Å². The van der Waals surface area contributed by atoms with Crippen molar-refractivity contribution < 1.29 is 0 Å². The first kappa shape index (κ1) is 11.1. The van der Waals surface area contributed by atoms with Crippen LogP contribution in [0.3, 0.4) is 0 Å². The molecule has 0 aliphatic rings. The van der Waals surface area contributed by atoms with Crippen LogP contribution in [0.1, 0.15) is 0 Å². The van der Waals surface area contributed by atoms with E-state index in [9.17, 15) is 0 Å². The second kappa shape index (κ2) is 4.25. The molecule has 84 valence electrons. The molecule has 0 amide bonds. The molecule has 0 N–H and O–H groups in total. The topological polar surface area (TPSA) is 34.0 Å². The maximum atomic E-state index is 4.42. The fourth-order valence-electron chi connectivity index (χ4n) is 1.47. The van der Waals surface area contributed by atoms with Crippen LogP contribution in [-0.2, 0) is 7.05 Å². The highest BCUT2D eigenvalue weighted by molar-refractivity contribution is 9.10. The summed E-state index contributed by atoms with van der Waals surface area (Å²) in [7, 11) is 5.90. The van der Waals surface area contributed by atoms with E-state index in [4.69, 9.17) is 0 Å². The number of anilines is 1. The number of hydrogen-bond acceptors (Lipinski definition) is 3. The van der Waals surface area contributed by atoms with Gasteiger partial charge in [0.25, 0.3) is 0 Å². The molecular weight excluding hydrogens is 268 g/mol. The maximum Gasteiger partial charge on any atom is 0.128 e. The van der Waals surface area contributed by atoms with E-state index >= 15 is 0 Å². The highest BCUT2D eigenvalue weighted by Gasteiger charge is 2.07. The van der Waals surface area contributed by atoms with Crippen molar-refractivity contribution in [3.8, 4) is 11.4 Å². The summed E-state index contributed by atoms with van der Waals surface area (Å²) >= 11 is 3.35. The molecular formula is C11H13BrN4. The Kier molecular flexibility index (Phi) is 2.96. The van der Waals surface area contributed by atoms with Crippen molar-refractivity contribution in [2.24, 2.45) is 7.05 Å². The van der Waals surface area contributed by atoms with Gasteiger partial charge < -0.3 is 4.90 Å². The maximum absolute atomic E-state index is 4.42. The number of halogens is 1. The molecule has 0 saturated carbocycles. The Labute approximate surface area is 103 Å². The molecule has 0 aliphatic heterocycles. The molecule has 2 heterocycles. The second-order valence-electron chi connectivity index (χ2n) is 3.77. The number of rotatable bonds is 2. The van der Waals surface area contributed by atoms with Gasteiger partial charge >= 0.3 is 0 Å². The summed E-state index contributed by atoms with van der Waals surface area (Å²) in [5, 5.41) is 4.23. The lowest BCUT2D eigenvalue weighted by Gasteiger charge is -2.11. The van der Waals surface area contributed by atoms with Gasteiger partial charge in [-0.3, -0.25) is 9.67 Å². The van der Waals surface area contributed by atoms with Crippen LogP contribution in [0.2, 0.25) is 0 Å². The minimum absolute atomic E-state index is 0.823.